The number of carbonyl (C=O) groups is 2. The molecule has 0 radical (unpaired) electrons. The van der Waals surface area contributed by atoms with Crippen molar-refractivity contribution in [3.8, 4) is 0 Å². The van der Waals surface area contributed by atoms with Crippen molar-refractivity contribution in [2.45, 2.75) is 281 Å². The van der Waals surface area contributed by atoms with Crippen LogP contribution < -0.4 is 0 Å². The van der Waals surface area contributed by atoms with Crippen LogP contribution in [0.3, 0.4) is 0 Å². The number of nitrogens with zero attached hydrogens (tertiary/aromatic N) is 2. The second-order valence-corrected chi connectivity index (χ2v) is 22.2. The van der Waals surface area contributed by atoms with Gasteiger partial charge in [0.25, 0.3) is 0 Å². The first-order valence-electron chi connectivity index (χ1n) is 26.3. The molecule has 0 rings (SSSR count). The summed E-state index contributed by atoms with van der Waals surface area (Å²) < 4.78 is 3.25. The van der Waals surface area contributed by atoms with E-state index < -0.39 is 11.9 Å². The molecule has 0 heterocycles. The van der Waals surface area contributed by atoms with E-state index in [1.165, 1.54) is 231 Å². The molecule has 0 aromatic rings. The molecule has 352 valence electrons. The van der Waals surface area contributed by atoms with E-state index in [0.717, 1.165) is 13.1 Å². The van der Waals surface area contributed by atoms with Crippen LogP contribution >= 0.6 is 0 Å². The molecule has 0 fully saturated rings. The van der Waals surface area contributed by atoms with Gasteiger partial charge in [0, 0.05) is 13.1 Å². The third kappa shape index (κ3) is 66.9. The van der Waals surface area contributed by atoms with Crippen molar-refractivity contribution >= 4 is 33.1 Å². The van der Waals surface area contributed by atoms with E-state index in [0.29, 0.717) is 13.1 Å². The molecule has 0 aliphatic rings. The van der Waals surface area contributed by atoms with Gasteiger partial charge in [-0.2, -0.15) is 0 Å². The van der Waals surface area contributed by atoms with Crippen LogP contribution in [0.4, 0.5) is 0 Å². The minimum absolute atomic E-state index is 0.149. The van der Waals surface area contributed by atoms with Crippen LogP contribution in [-0.4, -0.2) is 93.4 Å². The number of carboxylic acid groups (broad SMARTS) is 2. The zero-order valence-electron chi connectivity index (χ0n) is 41.2. The van der Waals surface area contributed by atoms with Gasteiger partial charge in [-0.3, -0.25) is 9.59 Å². The quantitative estimate of drug-likeness (QED) is 0.0467. The molecule has 0 saturated heterocycles. The third-order valence-corrected chi connectivity index (χ3v) is 15.7. The molecule has 0 bridgehead atoms. The summed E-state index contributed by atoms with van der Waals surface area (Å²) in [6.45, 7) is 12.6. The molecule has 0 aliphatic carbocycles. The van der Waals surface area contributed by atoms with Gasteiger partial charge in [0.15, 0.2) is 0 Å². The molecule has 59 heavy (non-hydrogen) atoms. The van der Waals surface area contributed by atoms with E-state index in [9.17, 15) is 9.59 Å². The van der Waals surface area contributed by atoms with Gasteiger partial charge in [0.05, 0.1) is 12.8 Å². The SMILES string of the molecule is CCCCCCCCCCCCCCCCCCN(C)CCC(=O)O.CCCCCCCCCCCCCCCCCCN(C)CCC(=O)O.CCC[CH2][Sn+2][CH2]CCC. The Morgan fingerprint density at radius 2 is 0.525 bits per heavy atom. The van der Waals surface area contributed by atoms with Gasteiger partial charge in [0.2, 0.25) is 0 Å². The summed E-state index contributed by atoms with van der Waals surface area (Å²) in [5, 5.41) is 17.3. The molecule has 0 spiro atoms. The van der Waals surface area contributed by atoms with Crippen LogP contribution in [0, 0.1) is 0 Å². The zero-order valence-corrected chi connectivity index (χ0v) is 44.1. The van der Waals surface area contributed by atoms with Crippen LogP contribution in [0.5, 0.6) is 0 Å². The molecular weight excluding hydrogens is 835 g/mol. The summed E-state index contributed by atoms with van der Waals surface area (Å²) in [5.74, 6) is -1.39. The van der Waals surface area contributed by atoms with Gasteiger partial charge in [-0.1, -0.05) is 206 Å². The first-order chi connectivity index (χ1) is 28.7. The number of aliphatic carboxylic acids is 2. The van der Waals surface area contributed by atoms with Crippen molar-refractivity contribution in [3.63, 3.8) is 0 Å². The normalized spacial score (nSPS) is 11.0. The van der Waals surface area contributed by atoms with E-state index in [2.05, 4.69) is 37.5 Å². The number of hydrogen-bond donors (Lipinski definition) is 2. The molecule has 7 heteroatoms. The molecular formula is C52H108N2O4Sn+2. The van der Waals surface area contributed by atoms with Crippen LogP contribution in [0.15, 0.2) is 0 Å². The Hall–Kier alpha value is -0.341. The number of unbranched alkanes of at least 4 members (excludes halogenated alkanes) is 32. The van der Waals surface area contributed by atoms with Crippen molar-refractivity contribution in [1.29, 1.82) is 0 Å². The zero-order chi connectivity index (χ0) is 44.1. The molecule has 2 N–H and O–H groups in total. The Balaban J connectivity index is -0.000000880. The molecule has 6 nitrogen and oxygen atoms in total. The van der Waals surface area contributed by atoms with Crippen molar-refractivity contribution in [3.05, 3.63) is 0 Å². The van der Waals surface area contributed by atoms with Crippen LogP contribution in [0.1, 0.15) is 272 Å². The second-order valence-electron chi connectivity index (χ2n) is 18.0. The minimum atomic E-state index is -0.696. The molecule has 0 amide bonds. The van der Waals surface area contributed by atoms with E-state index in [-0.39, 0.29) is 34.0 Å². The summed E-state index contributed by atoms with van der Waals surface area (Å²) in [4.78, 5) is 25.3. The first-order valence-corrected chi connectivity index (χ1v) is 30.3. The van der Waals surface area contributed by atoms with E-state index in [1.54, 1.807) is 8.87 Å². The van der Waals surface area contributed by atoms with Crippen molar-refractivity contribution in [2.24, 2.45) is 0 Å². The second kappa shape index (κ2) is 57.7. The third-order valence-electron chi connectivity index (χ3n) is 11.6. The summed E-state index contributed by atoms with van der Waals surface area (Å²) in [6, 6.07) is 0. The van der Waals surface area contributed by atoms with Crippen LogP contribution in [-0.2, 0) is 9.59 Å². The van der Waals surface area contributed by atoms with Gasteiger partial charge in [0.1, 0.15) is 0 Å². The van der Waals surface area contributed by atoms with Crippen molar-refractivity contribution in [2.75, 3.05) is 40.3 Å². The Bertz CT molecular complexity index is 724. The van der Waals surface area contributed by atoms with E-state index in [1.807, 2.05) is 14.1 Å². The Kier molecular flexibility index (Phi) is 61.5. The molecule has 0 aliphatic heterocycles. The average Bonchev–Trinajstić information content (AvgIpc) is 3.22. The van der Waals surface area contributed by atoms with Crippen LogP contribution in [0.25, 0.3) is 0 Å². The van der Waals surface area contributed by atoms with Gasteiger partial charge >= 0.3 is 81.5 Å². The maximum atomic E-state index is 10.5. The number of hydrogen-bond acceptors (Lipinski definition) is 4. The first kappa shape index (κ1) is 63.0. The van der Waals surface area contributed by atoms with E-state index >= 15 is 0 Å². The predicted octanol–water partition coefficient (Wildman–Crippen LogP) is 16.4. The van der Waals surface area contributed by atoms with Crippen molar-refractivity contribution < 1.29 is 19.8 Å². The fourth-order valence-corrected chi connectivity index (χ4v) is 11.5. The van der Waals surface area contributed by atoms with Gasteiger partial charge in [-0.05, 0) is 40.0 Å². The van der Waals surface area contributed by atoms with E-state index in [4.69, 9.17) is 10.2 Å². The average molecular weight is 944 g/mol. The molecule has 0 saturated carbocycles. The summed E-state index contributed by atoms with van der Waals surface area (Å²) >= 11 is 0.149. The fourth-order valence-electron chi connectivity index (χ4n) is 7.38. The summed E-state index contributed by atoms with van der Waals surface area (Å²) in [6.07, 6.45) is 51.0. The van der Waals surface area contributed by atoms with Gasteiger partial charge in [-0.15, -0.1) is 0 Å². The summed E-state index contributed by atoms with van der Waals surface area (Å²) in [5.41, 5.74) is 0. The Labute approximate surface area is 381 Å². The van der Waals surface area contributed by atoms with Crippen LogP contribution in [0.2, 0.25) is 8.87 Å². The monoisotopic (exact) mass is 945 g/mol. The topological polar surface area (TPSA) is 81.1 Å². The molecule has 0 aromatic carbocycles. The molecule has 0 aromatic heterocycles. The molecule has 0 atom stereocenters. The van der Waals surface area contributed by atoms with Gasteiger partial charge < -0.3 is 20.0 Å². The number of carboxylic acids is 2. The Morgan fingerprint density at radius 1 is 0.322 bits per heavy atom. The summed E-state index contributed by atoms with van der Waals surface area (Å²) in [7, 11) is 4.04. The standard InChI is InChI=1S/2C22H45NO2.2C4H9.Sn/c2*1-3-4-5-6-7-8-9-10-11-12-13-14-15-16-17-18-20-23(2)21-19-22(24)25;2*1-3-4-2;/h2*3-21H2,1-2H3,(H,24,25);2*1,3-4H2,2H3;/q;;;;+2. The Morgan fingerprint density at radius 3 is 0.729 bits per heavy atom. The van der Waals surface area contributed by atoms with Crippen molar-refractivity contribution in [1.82, 2.24) is 9.80 Å². The molecule has 0 unspecified atom stereocenters. The fraction of sp³-hybridized carbons (Fsp3) is 0.962. The predicted molar refractivity (Wildman–Crippen MR) is 264 cm³/mol. The number of rotatable bonds is 46. The maximum absolute atomic E-state index is 10.5. The van der Waals surface area contributed by atoms with Gasteiger partial charge in [-0.25, -0.2) is 0 Å².